The van der Waals surface area contributed by atoms with E-state index in [0.717, 1.165) is 11.4 Å². The second-order valence-electron chi connectivity index (χ2n) is 16.4. The van der Waals surface area contributed by atoms with E-state index in [1.165, 1.54) is 86.6 Å². The predicted molar refractivity (Wildman–Crippen MR) is 270 cm³/mol. The lowest BCUT2D eigenvalue weighted by Gasteiger charge is -2.35. The lowest BCUT2D eigenvalue weighted by molar-refractivity contribution is 1.17. The fourth-order valence-electron chi connectivity index (χ4n) is 10.4. The summed E-state index contributed by atoms with van der Waals surface area (Å²) < 4.78 is 4.96. The van der Waals surface area contributed by atoms with Crippen molar-refractivity contribution in [3.63, 3.8) is 0 Å². The fourth-order valence-corrected chi connectivity index (χ4v) is 15.4. The maximum Gasteiger partial charge on any atom is 0.180 e. The Balaban J connectivity index is 1.09. The first-order valence-electron chi connectivity index (χ1n) is 21.8. The molecule has 2 nitrogen and oxygen atoms in total. The topological polar surface area (TPSA) is 9.86 Å². The molecule has 10 aromatic carbocycles. The molecule has 0 aliphatic rings. The molecule has 0 aliphatic carbocycles. The summed E-state index contributed by atoms with van der Waals surface area (Å²) in [6, 6.07) is 94.2. The molecule has 0 bridgehead atoms. The van der Waals surface area contributed by atoms with Crippen molar-refractivity contribution < 1.29 is 0 Å². The Morgan fingerprint density at radius 2 is 0.762 bits per heavy atom. The molecule has 0 saturated heterocycles. The van der Waals surface area contributed by atoms with Gasteiger partial charge in [0.2, 0.25) is 0 Å². The summed E-state index contributed by atoms with van der Waals surface area (Å²) in [5, 5.41) is 10.5. The van der Waals surface area contributed by atoms with Crippen LogP contribution in [0, 0.1) is 0 Å². The van der Waals surface area contributed by atoms with E-state index in [9.17, 15) is 0 Å². The monoisotopic (exact) mass is 818 g/mol. The third-order valence-corrected chi connectivity index (χ3v) is 17.9. The highest BCUT2D eigenvalue weighted by molar-refractivity contribution is 7.20. The summed E-state index contributed by atoms with van der Waals surface area (Å²) >= 11 is 0. The van der Waals surface area contributed by atoms with Crippen LogP contribution >= 0.6 is 0 Å². The lowest BCUT2D eigenvalue weighted by atomic mass is 9.99. The summed E-state index contributed by atoms with van der Waals surface area (Å²) in [5.74, 6) is 0. The van der Waals surface area contributed by atoms with Crippen molar-refractivity contribution in [1.29, 1.82) is 0 Å². The van der Waals surface area contributed by atoms with Crippen LogP contribution in [0.2, 0.25) is 0 Å². The van der Waals surface area contributed by atoms with Gasteiger partial charge in [-0.1, -0.05) is 212 Å². The molecular weight excluding hydrogens is 777 g/mol. The number of aromatic nitrogens is 2. The molecule has 296 valence electrons. The Morgan fingerprint density at radius 3 is 1.41 bits per heavy atom. The van der Waals surface area contributed by atoms with Gasteiger partial charge in [-0.05, 0) is 79.9 Å². The van der Waals surface area contributed by atoms with E-state index in [2.05, 4.69) is 264 Å². The van der Waals surface area contributed by atoms with Crippen LogP contribution < -0.4 is 20.7 Å². The third-order valence-electron chi connectivity index (χ3n) is 13.1. The number of para-hydroxylation sites is 3. The van der Waals surface area contributed by atoms with Crippen molar-refractivity contribution in [2.24, 2.45) is 0 Å². The number of nitrogens with zero attached hydrogens (tertiary/aromatic N) is 2. The van der Waals surface area contributed by atoms with Crippen molar-refractivity contribution >= 4 is 72.4 Å². The minimum absolute atomic E-state index is 1.14. The van der Waals surface area contributed by atoms with Crippen LogP contribution in [0.15, 0.2) is 255 Å². The number of fused-ring (bicyclic) bond motifs is 6. The number of hydrogen-bond donors (Lipinski definition) is 0. The largest absolute Gasteiger partial charge is 0.309 e. The molecule has 3 heteroatoms. The van der Waals surface area contributed by atoms with Crippen LogP contribution in [0.25, 0.3) is 77.2 Å². The fraction of sp³-hybridized carbons (Fsp3) is 0. The zero-order valence-electron chi connectivity index (χ0n) is 34.6. The predicted octanol–water partition coefficient (Wildman–Crippen LogP) is 12.6. The Morgan fingerprint density at radius 1 is 0.286 bits per heavy atom. The van der Waals surface area contributed by atoms with Gasteiger partial charge in [0, 0.05) is 32.8 Å². The van der Waals surface area contributed by atoms with Crippen LogP contribution in [0.4, 0.5) is 0 Å². The maximum atomic E-state index is 2.50. The standard InChI is InChI=1S/C60H42N2Si/c1-5-20-43(21-6-1)44-36-38-45(39-37-44)50-28-13-16-31-54(50)62-55-32-17-14-29-51(55)53-42-46(40-41-57(53)62)61-56-33-18-15-30-52(56)60-58(61)34-19-35-59(60)63(47-22-7-2-8-23-47,48-24-9-3-10-25-48)49-26-11-4-12-27-49/h1-42H. The molecule has 0 amide bonds. The van der Waals surface area contributed by atoms with Crippen molar-refractivity contribution in [1.82, 2.24) is 9.13 Å². The Kier molecular flexibility index (Phi) is 8.87. The molecule has 0 spiro atoms. The zero-order chi connectivity index (χ0) is 41.7. The van der Waals surface area contributed by atoms with Gasteiger partial charge in [-0.3, -0.25) is 0 Å². The molecule has 0 fully saturated rings. The first kappa shape index (κ1) is 36.8. The van der Waals surface area contributed by atoms with E-state index >= 15 is 0 Å². The van der Waals surface area contributed by atoms with Gasteiger partial charge in [-0.2, -0.15) is 0 Å². The molecule has 0 atom stereocenters. The molecule has 2 aromatic heterocycles. The highest BCUT2D eigenvalue weighted by Crippen LogP contribution is 2.39. The van der Waals surface area contributed by atoms with E-state index in [0.29, 0.717) is 0 Å². The molecule has 0 unspecified atom stereocenters. The van der Waals surface area contributed by atoms with Gasteiger partial charge in [0.25, 0.3) is 0 Å². The highest BCUT2D eigenvalue weighted by Gasteiger charge is 2.43. The van der Waals surface area contributed by atoms with E-state index < -0.39 is 8.07 Å². The molecule has 0 aliphatic heterocycles. The van der Waals surface area contributed by atoms with Crippen molar-refractivity contribution in [2.45, 2.75) is 0 Å². The lowest BCUT2D eigenvalue weighted by Crippen LogP contribution is -2.74. The molecular formula is C60H42N2Si. The summed E-state index contributed by atoms with van der Waals surface area (Å²) in [7, 11) is -2.85. The minimum Gasteiger partial charge on any atom is -0.309 e. The smallest absolute Gasteiger partial charge is 0.180 e. The Hall–Kier alpha value is -7.98. The molecule has 0 radical (unpaired) electrons. The third kappa shape index (κ3) is 5.85. The molecule has 63 heavy (non-hydrogen) atoms. The van der Waals surface area contributed by atoms with Crippen molar-refractivity contribution in [2.75, 3.05) is 0 Å². The SMILES string of the molecule is c1ccc(-c2ccc(-c3ccccc3-n3c4ccccc4c4cc(-n5c6ccccc6c6c([Si](c7ccccc7)(c7ccccc7)c7ccccc7)cccc65)ccc43)cc2)cc1. The Labute approximate surface area is 368 Å². The second-order valence-corrected chi connectivity index (χ2v) is 20.2. The van der Waals surface area contributed by atoms with Gasteiger partial charge in [0.05, 0.1) is 27.8 Å². The van der Waals surface area contributed by atoms with Gasteiger partial charge in [-0.25, -0.2) is 0 Å². The summed E-state index contributed by atoms with van der Waals surface area (Å²) in [5.41, 5.74) is 11.9. The molecule has 12 aromatic rings. The van der Waals surface area contributed by atoms with Gasteiger partial charge in [0.1, 0.15) is 0 Å². The van der Waals surface area contributed by atoms with Crippen LogP contribution in [-0.4, -0.2) is 17.2 Å². The normalized spacial score (nSPS) is 11.8. The summed E-state index contributed by atoms with van der Waals surface area (Å²) in [6.07, 6.45) is 0. The first-order valence-corrected chi connectivity index (χ1v) is 23.8. The van der Waals surface area contributed by atoms with Crippen molar-refractivity contribution in [3.8, 4) is 33.6 Å². The quantitative estimate of drug-likeness (QED) is 0.107. The molecule has 2 heterocycles. The Bertz CT molecular complexity index is 3490. The van der Waals surface area contributed by atoms with E-state index in [1.807, 2.05) is 0 Å². The highest BCUT2D eigenvalue weighted by atomic mass is 28.3. The van der Waals surface area contributed by atoms with Gasteiger partial charge in [-0.15, -0.1) is 0 Å². The van der Waals surface area contributed by atoms with E-state index in [1.54, 1.807) is 0 Å². The van der Waals surface area contributed by atoms with E-state index in [4.69, 9.17) is 0 Å². The number of hydrogen-bond acceptors (Lipinski definition) is 0. The average Bonchev–Trinajstić information content (AvgIpc) is 3.88. The van der Waals surface area contributed by atoms with E-state index in [-0.39, 0.29) is 0 Å². The molecule has 0 N–H and O–H groups in total. The van der Waals surface area contributed by atoms with Gasteiger partial charge < -0.3 is 9.13 Å². The van der Waals surface area contributed by atoms with Crippen molar-refractivity contribution in [3.05, 3.63) is 255 Å². The summed E-state index contributed by atoms with van der Waals surface area (Å²) in [4.78, 5) is 0. The number of rotatable bonds is 8. The van der Waals surface area contributed by atoms with Crippen LogP contribution in [0.5, 0.6) is 0 Å². The maximum absolute atomic E-state index is 2.85. The number of benzene rings is 10. The molecule has 0 saturated carbocycles. The van der Waals surface area contributed by atoms with Crippen LogP contribution in [0.1, 0.15) is 0 Å². The molecule has 12 rings (SSSR count). The minimum atomic E-state index is -2.85. The zero-order valence-corrected chi connectivity index (χ0v) is 35.6. The second kappa shape index (κ2) is 15.2. The first-order chi connectivity index (χ1) is 31.3. The van der Waals surface area contributed by atoms with Crippen LogP contribution in [0.3, 0.4) is 0 Å². The summed E-state index contributed by atoms with van der Waals surface area (Å²) in [6.45, 7) is 0. The van der Waals surface area contributed by atoms with Gasteiger partial charge >= 0.3 is 0 Å². The average molecular weight is 819 g/mol. The van der Waals surface area contributed by atoms with Crippen LogP contribution in [-0.2, 0) is 0 Å². The van der Waals surface area contributed by atoms with Gasteiger partial charge in [0.15, 0.2) is 8.07 Å².